The molecule has 0 saturated carbocycles. The Morgan fingerprint density at radius 3 is 1.66 bits per heavy atom. The number of ether oxygens (including phenoxy) is 7. The van der Waals surface area contributed by atoms with Gasteiger partial charge >= 0.3 is 5.97 Å². The molecule has 2 heterocycles. The molecule has 1 aliphatic rings. The summed E-state index contributed by atoms with van der Waals surface area (Å²) in [5.74, 6) is -0.167. The van der Waals surface area contributed by atoms with Gasteiger partial charge in [-0.2, -0.15) is 0 Å². The van der Waals surface area contributed by atoms with E-state index in [2.05, 4.69) is 33.9 Å². The smallest absolute Gasteiger partial charge is 0.302 e. The molecular weight excluding hydrogens is 905 g/mol. The summed E-state index contributed by atoms with van der Waals surface area (Å²) in [7, 11) is -2.41. The number of carbonyl (C=O) groups excluding carboxylic acids is 1. The average Bonchev–Trinajstić information content (AvgIpc) is 3.35. The highest BCUT2D eigenvalue weighted by molar-refractivity contribution is 6.74. The number of esters is 1. The molecule has 7 aromatic rings. The Hall–Kier alpha value is -6.74. The van der Waals surface area contributed by atoms with Gasteiger partial charge in [0, 0.05) is 24.6 Å². The summed E-state index contributed by atoms with van der Waals surface area (Å²) in [5, 5.41) is 11.4. The predicted octanol–water partition coefficient (Wildman–Crippen LogP) is 11.6. The molecule has 1 saturated heterocycles. The van der Waals surface area contributed by atoms with Crippen LogP contribution < -0.4 is 19.3 Å². The Balaban J connectivity index is 1.24. The monoisotopic (exact) mass is 964 g/mol. The van der Waals surface area contributed by atoms with Crippen molar-refractivity contribution in [2.75, 3.05) is 6.61 Å². The number of hydrogen-bond acceptors (Lipinski definition) is 12. The molecule has 12 nitrogen and oxygen atoms in total. The fourth-order valence-electron chi connectivity index (χ4n) is 7.80. The topological polar surface area (TPSA) is 141 Å². The first-order valence-electron chi connectivity index (χ1n) is 23.4. The van der Waals surface area contributed by atoms with Gasteiger partial charge in [0.05, 0.1) is 19.8 Å². The fraction of sp³-hybridized carbons (Fsp3) is 0.298. The van der Waals surface area contributed by atoms with Gasteiger partial charge in [-0.15, -0.1) is 0 Å². The Kier molecular flexibility index (Phi) is 15.9. The van der Waals surface area contributed by atoms with Crippen molar-refractivity contribution in [1.29, 1.82) is 0 Å². The van der Waals surface area contributed by atoms with Crippen LogP contribution in [-0.4, -0.2) is 56.7 Å². The highest BCUT2D eigenvalue weighted by Gasteiger charge is 2.51. The lowest BCUT2D eigenvalue weighted by molar-refractivity contribution is -0.308. The fourth-order valence-corrected chi connectivity index (χ4v) is 8.81. The molecule has 13 heteroatoms. The van der Waals surface area contributed by atoms with Crippen LogP contribution in [0, 0.1) is 0 Å². The zero-order chi connectivity index (χ0) is 49.3. The molecule has 1 aliphatic heterocycles. The molecule has 6 aromatic carbocycles. The van der Waals surface area contributed by atoms with Gasteiger partial charge in [-0.05, 0) is 64.7 Å². The standard InChI is InChI=1S/C57H60O12Si/c1-38(58)61-37-48-52(63-34-40-21-13-8-14-22-40)54(64-35-41-23-15-9-16-24-41)55(65-36-42-25-17-10-18-26-42)56(67-48)68-53-50(60)49-46(59)31-45(69-70(5,6)57(2,3)4)32-47(49)66-51(53)43-27-29-44(30-28-43)62-33-39-19-11-7-12-20-39/h7-32,48,52,54-56,59H,33-37H2,1-6H3/t48-,52-,54+,55-,56+/m1/s1. The van der Waals surface area contributed by atoms with E-state index in [0.717, 1.165) is 22.3 Å². The van der Waals surface area contributed by atoms with Crippen LogP contribution in [0.3, 0.4) is 0 Å². The lowest BCUT2D eigenvalue weighted by Gasteiger charge is -2.45. The Morgan fingerprint density at radius 1 is 0.643 bits per heavy atom. The van der Waals surface area contributed by atoms with E-state index in [1.807, 2.05) is 121 Å². The minimum absolute atomic E-state index is 0.0436. The summed E-state index contributed by atoms with van der Waals surface area (Å²) in [4.78, 5) is 27.6. The molecule has 5 atom stereocenters. The zero-order valence-corrected chi connectivity index (χ0v) is 41.4. The molecule has 1 fully saturated rings. The van der Waals surface area contributed by atoms with Gasteiger partial charge in [-0.3, -0.25) is 9.59 Å². The normalized spacial score (nSPS) is 18.3. The maximum atomic E-state index is 15.2. The number of phenolic OH excluding ortho intramolecular Hbond substituents is 1. The van der Waals surface area contributed by atoms with Crippen molar-refractivity contribution in [1.82, 2.24) is 0 Å². The SMILES string of the molecule is CC(=O)OC[C@H]1O[C@@H](Oc2c(-c3ccc(OCc4ccccc4)cc3)oc3cc(O[Si](C)(C)C(C)(C)C)cc(O)c3c2=O)[C@H](OCc2ccccc2)[C@@H](OCc2ccccc2)[C@@H]1OCc1ccccc1. The molecule has 0 unspecified atom stereocenters. The van der Waals surface area contributed by atoms with Crippen molar-refractivity contribution in [3.63, 3.8) is 0 Å². The van der Waals surface area contributed by atoms with Crippen molar-refractivity contribution < 1.29 is 51.9 Å². The molecule has 1 N–H and O–H groups in total. The minimum atomic E-state index is -2.41. The van der Waals surface area contributed by atoms with Crippen LogP contribution in [-0.2, 0) is 54.9 Å². The van der Waals surface area contributed by atoms with Gasteiger partial charge in [0.2, 0.25) is 25.8 Å². The molecule has 1 aromatic heterocycles. The van der Waals surface area contributed by atoms with Crippen molar-refractivity contribution in [3.05, 3.63) is 190 Å². The first-order chi connectivity index (χ1) is 33.7. The van der Waals surface area contributed by atoms with Crippen LogP contribution in [0.25, 0.3) is 22.3 Å². The highest BCUT2D eigenvalue weighted by atomic mass is 28.4. The summed E-state index contributed by atoms with van der Waals surface area (Å²) in [5.41, 5.74) is 3.50. The second kappa shape index (κ2) is 22.3. The van der Waals surface area contributed by atoms with Crippen molar-refractivity contribution in [3.8, 4) is 34.3 Å². The van der Waals surface area contributed by atoms with Gasteiger partial charge < -0.3 is 47.1 Å². The van der Waals surface area contributed by atoms with Crippen molar-refractivity contribution in [2.24, 2.45) is 0 Å². The summed E-state index contributed by atoms with van der Waals surface area (Å²) in [6, 6.07) is 48.9. The van der Waals surface area contributed by atoms with E-state index in [-0.39, 0.29) is 59.7 Å². The quantitative estimate of drug-likeness (QED) is 0.0609. The Labute approximate surface area is 409 Å². The molecule has 0 amide bonds. The number of rotatable bonds is 19. The number of benzene rings is 6. The molecule has 0 bridgehead atoms. The van der Waals surface area contributed by atoms with Crippen LogP contribution in [0.1, 0.15) is 49.9 Å². The zero-order valence-electron chi connectivity index (χ0n) is 40.4. The van der Waals surface area contributed by atoms with E-state index in [9.17, 15) is 9.90 Å². The molecule has 364 valence electrons. The van der Waals surface area contributed by atoms with Crippen LogP contribution >= 0.6 is 0 Å². The van der Waals surface area contributed by atoms with Gasteiger partial charge in [-0.1, -0.05) is 142 Å². The van der Waals surface area contributed by atoms with Crippen LogP contribution in [0.5, 0.6) is 23.0 Å². The number of fused-ring (bicyclic) bond motifs is 1. The lowest BCUT2D eigenvalue weighted by Crippen LogP contribution is -2.62. The second-order valence-electron chi connectivity index (χ2n) is 18.8. The summed E-state index contributed by atoms with van der Waals surface area (Å²) >= 11 is 0. The van der Waals surface area contributed by atoms with Crippen molar-refractivity contribution in [2.45, 2.75) is 103 Å². The molecule has 0 radical (unpaired) electrons. The van der Waals surface area contributed by atoms with Crippen LogP contribution in [0.2, 0.25) is 18.1 Å². The van der Waals surface area contributed by atoms with E-state index in [0.29, 0.717) is 23.7 Å². The second-order valence-corrected chi connectivity index (χ2v) is 23.5. The number of hydrogen-bond donors (Lipinski definition) is 1. The number of carbonyl (C=O) groups is 1. The largest absolute Gasteiger partial charge is 0.543 e. The minimum Gasteiger partial charge on any atom is -0.543 e. The van der Waals surface area contributed by atoms with Gasteiger partial charge in [0.15, 0.2) is 5.76 Å². The molecule has 0 aliphatic carbocycles. The Morgan fingerprint density at radius 2 is 1.14 bits per heavy atom. The van der Waals surface area contributed by atoms with E-state index >= 15 is 4.79 Å². The van der Waals surface area contributed by atoms with Gasteiger partial charge in [0.25, 0.3) is 0 Å². The van der Waals surface area contributed by atoms with E-state index in [4.69, 9.17) is 42.0 Å². The summed E-state index contributed by atoms with van der Waals surface area (Å²) in [6.07, 6.45) is -5.30. The molecule has 8 rings (SSSR count). The third-order valence-electron chi connectivity index (χ3n) is 12.6. The predicted molar refractivity (Wildman–Crippen MR) is 269 cm³/mol. The van der Waals surface area contributed by atoms with Crippen LogP contribution in [0.15, 0.2) is 167 Å². The summed E-state index contributed by atoms with van der Waals surface area (Å²) in [6.45, 7) is 12.4. The van der Waals surface area contributed by atoms with Gasteiger partial charge in [-0.25, -0.2) is 0 Å². The third kappa shape index (κ3) is 12.3. The van der Waals surface area contributed by atoms with E-state index in [1.54, 1.807) is 30.3 Å². The van der Waals surface area contributed by atoms with Crippen LogP contribution in [0.4, 0.5) is 0 Å². The first kappa shape index (κ1) is 49.7. The van der Waals surface area contributed by atoms with E-state index in [1.165, 1.54) is 13.0 Å². The van der Waals surface area contributed by atoms with Crippen molar-refractivity contribution >= 4 is 25.3 Å². The van der Waals surface area contributed by atoms with E-state index < -0.39 is 50.4 Å². The maximum Gasteiger partial charge on any atom is 0.302 e. The third-order valence-corrected chi connectivity index (χ3v) is 16.9. The Bertz CT molecular complexity index is 2850. The lowest BCUT2D eigenvalue weighted by atomic mass is 9.97. The average molecular weight is 965 g/mol. The molecular formula is C57H60O12Si. The number of phenols is 1. The maximum absolute atomic E-state index is 15.2. The van der Waals surface area contributed by atoms with Gasteiger partial charge in [0.1, 0.15) is 65.8 Å². The summed E-state index contributed by atoms with van der Waals surface area (Å²) < 4.78 is 59.0. The number of aromatic hydroxyl groups is 1. The molecule has 70 heavy (non-hydrogen) atoms. The highest BCUT2D eigenvalue weighted by Crippen LogP contribution is 2.42. The first-order valence-corrected chi connectivity index (χ1v) is 26.4. The molecule has 0 spiro atoms.